The highest BCUT2D eigenvalue weighted by atomic mass is 16.5. The molecule has 0 amide bonds. The zero-order chi connectivity index (χ0) is 17.6. The maximum absolute atomic E-state index is 10.0. The van der Waals surface area contributed by atoms with E-state index in [4.69, 9.17) is 9.47 Å². The first-order valence-electron chi connectivity index (χ1n) is 9.23. The Morgan fingerprint density at radius 1 is 1.00 bits per heavy atom. The van der Waals surface area contributed by atoms with Gasteiger partial charge in [0.05, 0.1) is 14.2 Å². The molecular formula is C20H30N2O3. The molecule has 1 aromatic carbocycles. The van der Waals surface area contributed by atoms with E-state index in [1.807, 2.05) is 12.1 Å². The Kier molecular flexibility index (Phi) is 6.21. The van der Waals surface area contributed by atoms with Crippen LogP contribution < -0.4 is 9.47 Å². The minimum atomic E-state index is 0.0695. The molecule has 1 saturated heterocycles. The Labute approximate surface area is 150 Å². The largest absolute Gasteiger partial charge is 0.502 e. The van der Waals surface area contributed by atoms with E-state index in [1.165, 1.54) is 25.8 Å². The van der Waals surface area contributed by atoms with E-state index in [2.05, 4.69) is 22.0 Å². The molecule has 0 saturated carbocycles. The van der Waals surface area contributed by atoms with Gasteiger partial charge in [0.1, 0.15) is 0 Å². The summed E-state index contributed by atoms with van der Waals surface area (Å²) in [6.07, 6.45) is 8.48. The van der Waals surface area contributed by atoms with Crippen molar-refractivity contribution in [2.75, 3.05) is 46.9 Å². The minimum Gasteiger partial charge on any atom is -0.502 e. The van der Waals surface area contributed by atoms with Crippen LogP contribution in [0.15, 0.2) is 24.3 Å². The van der Waals surface area contributed by atoms with E-state index in [9.17, 15) is 5.11 Å². The van der Waals surface area contributed by atoms with Gasteiger partial charge in [0, 0.05) is 39.3 Å². The van der Waals surface area contributed by atoms with Gasteiger partial charge >= 0.3 is 0 Å². The Balaban J connectivity index is 1.52. The number of methoxy groups -OCH3 is 2. The number of allylic oxidation sites excluding steroid dienone is 2. The Morgan fingerprint density at radius 2 is 1.64 bits per heavy atom. The molecule has 1 atom stereocenters. The lowest BCUT2D eigenvalue weighted by molar-refractivity contribution is 0.111. The van der Waals surface area contributed by atoms with Crippen molar-refractivity contribution in [3.8, 4) is 17.2 Å². The molecule has 138 valence electrons. The molecule has 1 fully saturated rings. The molecule has 1 N–H and O–H groups in total. The van der Waals surface area contributed by atoms with E-state index in [1.54, 1.807) is 14.2 Å². The zero-order valence-corrected chi connectivity index (χ0v) is 15.4. The molecule has 1 aromatic rings. The number of piperazine rings is 1. The highest BCUT2D eigenvalue weighted by Gasteiger charge is 2.21. The van der Waals surface area contributed by atoms with Crippen LogP contribution in [0.4, 0.5) is 0 Å². The van der Waals surface area contributed by atoms with Crippen LogP contribution in [0.5, 0.6) is 17.2 Å². The van der Waals surface area contributed by atoms with Gasteiger partial charge in [-0.05, 0) is 42.9 Å². The van der Waals surface area contributed by atoms with Gasteiger partial charge in [-0.1, -0.05) is 12.2 Å². The van der Waals surface area contributed by atoms with Gasteiger partial charge < -0.3 is 19.5 Å². The number of nitrogens with zero attached hydrogens (tertiary/aromatic N) is 2. The van der Waals surface area contributed by atoms with Gasteiger partial charge in [-0.15, -0.1) is 0 Å². The van der Waals surface area contributed by atoms with Crippen molar-refractivity contribution in [2.45, 2.75) is 25.8 Å². The topological polar surface area (TPSA) is 45.2 Å². The fourth-order valence-corrected chi connectivity index (χ4v) is 3.81. The van der Waals surface area contributed by atoms with Crippen LogP contribution in [0.3, 0.4) is 0 Å². The number of benzene rings is 1. The molecule has 5 nitrogen and oxygen atoms in total. The second kappa shape index (κ2) is 8.59. The van der Waals surface area contributed by atoms with Crippen LogP contribution in [0, 0.1) is 5.92 Å². The molecule has 1 heterocycles. The highest BCUT2D eigenvalue weighted by molar-refractivity contribution is 5.52. The number of aromatic hydroxyl groups is 1. The Hall–Kier alpha value is -1.72. The molecule has 1 aliphatic carbocycles. The van der Waals surface area contributed by atoms with Gasteiger partial charge in [0.25, 0.3) is 0 Å². The fourth-order valence-electron chi connectivity index (χ4n) is 3.81. The lowest BCUT2D eigenvalue weighted by atomic mass is 9.94. The van der Waals surface area contributed by atoms with Crippen molar-refractivity contribution >= 4 is 0 Å². The summed E-state index contributed by atoms with van der Waals surface area (Å²) in [6.45, 7) is 6.51. The van der Waals surface area contributed by atoms with E-state index in [-0.39, 0.29) is 5.75 Å². The van der Waals surface area contributed by atoms with Crippen LogP contribution in [-0.2, 0) is 6.54 Å². The lowest BCUT2D eigenvalue weighted by Crippen LogP contribution is -2.47. The minimum absolute atomic E-state index is 0.0695. The van der Waals surface area contributed by atoms with Gasteiger partial charge in [0.2, 0.25) is 5.75 Å². The summed E-state index contributed by atoms with van der Waals surface area (Å²) in [5.41, 5.74) is 1.11. The SMILES string of the molecule is COc1cc(CN2CCN(C[C@@H]3CC=CCC3)CC2)cc(OC)c1O. The summed E-state index contributed by atoms with van der Waals surface area (Å²) < 4.78 is 10.5. The van der Waals surface area contributed by atoms with Crippen LogP contribution in [-0.4, -0.2) is 61.8 Å². The first kappa shape index (κ1) is 18.1. The lowest BCUT2D eigenvalue weighted by Gasteiger charge is -2.36. The van der Waals surface area contributed by atoms with E-state index >= 15 is 0 Å². The van der Waals surface area contributed by atoms with Crippen molar-refractivity contribution in [1.82, 2.24) is 9.80 Å². The van der Waals surface area contributed by atoms with Crippen LogP contribution in [0.2, 0.25) is 0 Å². The van der Waals surface area contributed by atoms with E-state index < -0.39 is 0 Å². The molecule has 3 rings (SSSR count). The zero-order valence-electron chi connectivity index (χ0n) is 15.4. The number of phenols is 1. The van der Waals surface area contributed by atoms with Crippen LogP contribution >= 0.6 is 0 Å². The molecular weight excluding hydrogens is 316 g/mol. The van der Waals surface area contributed by atoms with Crippen molar-refractivity contribution in [2.24, 2.45) is 5.92 Å². The van der Waals surface area contributed by atoms with Gasteiger partial charge in [-0.25, -0.2) is 0 Å². The average Bonchev–Trinajstić information content (AvgIpc) is 2.65. The maximum atomic E-state index is 10.0. The third-order valence-corrected chi connectivity index (χ3v) is 5.30. The van der Waals surface area contributed by atoms with Crippen molar-refractivity contribution in [3.05, 3.63) is 29.8 Å². The summed E-state index contributed by atoms with van der Waals surface area (Å²) in [7, 11) is 3.13. The average molecular weight is 346 g/mol. The number of phenolic OH excluding ortho intramolecular Hbond substituents is 1. The van der Waals surface area contributed by atoms with E-state index in [0.717, 1.165) is 44.2 Å². The molecule has 25 heavy (non-hydrogen) atoms. The summed E-state index contributed by atoms with van der Waals surface area (Å²) >= 11 is 0. The quantitative estimate of drug-likeness (QED) is 0.803. The first-order chi connectivity index (χ1) is 12.2. The molecule has 5 heteroatoms. The molecule has 0 bridgehead atoms. The van der Waals surface area contributed by atoms with Gasteiger partial charge in [-0.2, -0.15) is 0 Å². The highest BCUT2D eigenvalue weighted by Crippen LogP contribution is 2.37. The van der Waals surface area contributed by atoms with E-state index in [0.29, 0.717) is 11.5 Å². The summed E-state index contributed by atoms with van der Waals surface area (Å²) in [5, 5.41) is 10.0. The molecule has 0 radical (unpaired) electrons. The monoisotopic (exact) mass is 346 g/mol. The third kappa shape index (κ3) is 4.67. The second-order valence-electron chi connectivity index (χ2n) is 7.08. The normalized spacial score (nSPS) is 22.1. The number of hydrogen-bond acceptors (Lipinski definition) is 5. The number of ether oxygens (including phenoxy) is 2. The Morgan fingerprint density at radius 3 is 2.20 bits per heavy atom. The smallest absolute Gasteiger partial charge is 0.200 e. The first-order valence-corrected chi connectivity index (χ1v) is 9.23. The summed E-state index contributed by atoms with van der Waals surface area (Å²) in [6, 6.07) is 3.80. The van der Waals surface area contributed by atoms with Crippen LogP contribution in [0.25, 0.3) is 0 Å². The van der Waals surface area contributed by atoms with Crippen molar-refractivity contribution < 1.29 is 14.6 Å². The predicted molar refractivity (Wildman–Crippen MR) is 99.4 cm³/mol. The predicted octanol–water partition coefficient (Wildman–Crippen LogP) is 2.88. The molecule has 2 aliphatic rings. The summed E-state index contributed by atoms with van der Waals surface area (Å²) in [4.78, 5) is 5.07. The van der Waals surface area contributed by atoms with Crippen molar-refractivity contribution in [3.63, 3.8) is 0 Å². The fraction of sp³-hybridized carbons (Fsp3) is 0.600. The maximum Gasteiger partial charge on any atom is 0.200 e. The Bertz CT molecular complexity index is 570. The van der Waals surface area contributed by atoms with Crippen molar-refractivity contribution in [1.29, 1.82) is 0 Å². The van der Waals surface area contributed by atoms with Crippen LogP contribution in [0.1, 0.15) is 24.8 Å². The number of rotatable bonds is 6. The molecule has 1 aliphatic heterocycles. The molecule has 0 aromatic heterocycles. The standard InChI is InChI=1S/C20H30N2O3/c1-24-18-12-17(13-19(25-2)20(18)23)15-22-10-8-21(9-11-22)14-16-6-4-3-5-7-16/h3-4,12-13,16,23H,5-11,14-15H2,1-2H3/t16-/m1/s1. The van der Waals surface area contributed by atoms with Gasteiger partial charge in [0.15, 0.2) is 11.5 Å². The molecule has 0 unspecified atom stereocenters. The second-order valence-corrected chi connectivity index (χ2v) is 7.08. The number of hydrogen-bond donors (Lipinski definition) is 1. The third-order valence-electron chi connectivity index (χ3n) is 5.30. The summed E-state index contributed by atoms with van der Waals surface area (Å²) in [5.74, 6) is 1.85. The molecule has 0 spiro atoms. The van der Waals surface area contributed by atoms with Gasteiger partial charge in [-0.3, -0.25) is 4.90 Å².